The number of nitrogens with zero attached hydrogens (tertiary/aromatic N) is 1. The van der Waals surface area contributed by atoms with Crippen LogP contribution in [-0.2, 0) is 4.74 Å². The predicted octanol–water partition coefficient (Wildman–Crippen LogP) is 2.70. The summed E-state index contributed by atoms with van der Waals surface area (Å²) in [6.45, 7) is 6.40. The second-order valence-corrected chi connectivity index (χ2v) is 4.49. The van der Waals surface area contributed by atoms with Gasteiger partial charge in [-0.2, -0.15) is 0 Å². The first-order valence-corrected chi connectivity index (χ1v) is 6.50. The molecule has 1 atom stereocenters. The smallest absolute Gasteiger partial charge is 0.414 e. The lowest BCUT2D eigenvalue weighted by atomic mass is 10.1. The molecule has 0 saturated carbocycles. The summed E-state index contributed by atoms with van der Waals surface area (Å²) >= 11 is 0. The van der Waals surface area contributed by atoms with Crippen molar-refractivity contribution in [3.63, 3.8) is 0 Å². The zero-order valence-corrected chi connectivity index (χ0v) is 11.0. The van der Waals surface area contributed by atoms with E-state index in [1.165, 1.54) is 5.56 Å². The monoisotopic (exact) mass is 248 g/mol. The van der Waals surface area contributed by atoms with Crippen LogP contribution in [-0.4, -0.2) is 25.8 Å². The van der Waals surface area contributed by atoms with Gasteiger partial charge in [0.2, 0.25) is 0 Å². The maximum absolute atomic E-state index is 11.7. The number of rotatable bonds is 4. The molecule has 1 N–H and O–H groups in total. The van der Waals surface area contributed by atoms with Crippen molar-refractivity contribution in [3.05, 3.63) is 29.8 Å². The van der Waals surface area contributed by atoms with Gasteiger partial charge in [0, 0.05) is 18.3 Å². The van der Waals surface area contributed by atoms with Crippen molar-refractivity contribution in [2.75, 3.05) is 24.6 Å². The summed E-state index contributed by atoms with van der Waals surface area (Å²) in [6, 6.07) is 8.36. The number of nitrogens with one attached hydrogen (secondary N) is 1. The highest BCUT2D eigenvalue weighted by Gasteiger charge is 2.21. The topological polar surface area (TPSA) is 41.6 Å². The summed E-state index contributed by atoms with van der Waals surface area (Å²) in [5.74, 6) is 0. The van der Waals surface area contributed by atoms with Crippen molar-refractivity contribution < 1.29 is 9.53 Å². The molecule has 1 unspecified atom stereocenters. The van der Waals surface area contributed by atoms with Crippen LogP contribution < -0.4 is 10.2 Å². The number of benzene rings is 1. The van der Waals surface area contributed by atoms with E-state index in [1.54, 1.807) is 4.90 Å². The molecule has 1 saturated heterocycles. The molecule has 0 spiro atoms. The molecule has 1 aliphatic rings. The van der Waals surface area contributed by atoms with Gasteiger partial charge in [0.25, 0.3) is 0 Å². The summed E-state index contributed by atoms with van der Waals surface area (Å²) in [6.07, 6.45) is 0.646. The molecule has 0 aromatic heterocycles. The summed E-state index contributed by atoms with van der Waals surface area (Å²) < 4.78 is 5.06. The van der Waals surface area contributed by atoms with E-state index < -0.39 is 0 Å². The minimum Gasteiger partial charge on any atom is -0.449 e. The largest absolute Gasteiger partial charge is 0.449 e. The molecule has 1 aromatic rings. The summed E-state index contributed by atoms with van der Waals surface area (Å²) in [7, 11) is 0. The highest BCUT2D eigenvalue weighted by Crippen LogP contribution is 2.23. The first kappa shape index (κ1) is 12.9. The third-order valence-electron chi connectivity index (χ3n) is 3.16. The van der Waals surface area contributed by atoms with Crippen LogP contribution in [0.25, 0.3) is 0 Å². The van der Waals surface area contributed by atoms with Crippen molar-refractivity contribution >= 4 is 11.8 Å². The molecular weight excluding hydrogens is 228 g/mol. The van der Waals surface area contributed by atoms with E-state index >= 15 is 0 Å². The fraction of sp³-hybridized carbons (Fsp3) is 0.500. The molecule has 1 fully saturated rings. The Balaban J connectivity index is 2.18. The Morgan fingerprint density at radius 1 is 1.50 bits per heavy atom. The molecule has 1 aromatic carbocycles. The van der Waals surface area contributed by atoms with Crippen LogP contribution in [0.15, 0.2) is 24.3 Å². The average molecular weight is 248 g/mol. The maximum atomic E-state index is 11.7. The molecule has 0 radical (unpaired) electrons. The quantitative estimate of drug-likeness (QED) is 0.890. The van der Waals surface area contributed by atoms with E-state index in [9.17, 15) is 4.79 Å². The van der Waals surface area contributed by atoms with Crippen LogP contribution in [0.3, 0.4) is 0 Å². The lowest BCUT2D eigenvalue weighted by Crippen LogP contribution is -2.37. The minimum atomic E-state index is -0.241. The van der Waals surface area contributed by atoms with Crippen LogP contribution in [0, 0.1) is 0 Å². The molecule has 1 aliphatic heterocycles. The molecular formula is C14H20N2O2. The van der Waals surface area contributed by atoms with Crippen molar-refractivity contribution in [1.29, 1.82) is 0 Å². The Morgan fingerprint density at radius 3 is 3.06 bits per heavy atom. The first-order valence-electron chi connectivity index (χ1n) is 6.50. The highest BCUT2D eigenvalue weighted by atomic mass is 16.6. The highest BCUT2D eigenvalue weighted by molar-refractivity contribution is 5.88. The third kappa shape index (κ3) is 2.82. The number of carbonyl (C=O) groups is 1. The van der Waals surface area contributed by atoms with Crippen molar-refractivity contribution in [3.8, 4) is 0 Å². The van der Waals surface area contributed by atoms with E-state index in [-0.39, 0.29) is 12.1 Å². The van der Waals surface area contributed by atoms with Gasteiger partial charge in [-0.1, -0.05) is 19.1 Å². The van der Waals surface area contributed by atoms with Crippen LogP contribution in [0.5, 0.6) is 0 Å². The number of anilines is 1. The maximum Gasteiger partial charge on any atom is 0.414 e. The number of hydrogen-bond donors (Lipinski definition) is 1. The fourth-order valence-corrected chi connectivity index (χ4v) is 2.17. The van der Waals surface area contributed by atoms with E-state index in [0.717, 1.165) is 25.2 Å². The Bertz CT molecular complexity index is 420. The van der Waals surface area contributed by atoms with Gasteiger partial charge < -0.3 is 10.1 Å². The Morgan fingerprint density at radius 2 is 2.33 bits per heavy atom. The van der Waals surface area contributed by atoms with Gasteiger partial charge in [0.15, 0.2) is 0 Å². The van der Waals surface area contributed by atoms with Crippen molar-refractivity contribution in [1.82, 2.24) is 5.32 Å². The van der Waals surface area contributed by atoms with Gasteiger partial charge in [0.1, 0.15) is 0 Å². The summed E-state index contributed by atoms with van der Waals surface area (Å²) in [5, 5.41) is 3.37. The number of hydrogen-bond acceptors (Lipinski definition) is 3. The molecule has 98 valence electrons. The second-order valence-electron chi connectivity index (χ2n) is 4.49. The molecule has 4 nitrogen and oxygen atoms in total. The zero-order chi connectivity index (χ0) is 13.0. The van der Waals surface area contributed by atoms with Gasteiger partial charge in [-0.25, -0.2) is 4.79 Å². The number of cyclic esters (lactones) is 1. The van der Waals surface area contributed by atoms with Crippen LogP contribution >= 0.6 is 0 Å². The lowest BCUT2D eigenvalue weighted by molar-refractivity contribution is 0.140. The van der Waals surface area contributed by atoms with Gasteiger partial charge in [0.05, 0.1) is 6.61 Å². The van der Waals surface area contributed by atoms with Gasteiger partial charge in [-0.3, -0.25) is 4.90 Å². The number of carbonyl (C=O) groups excluding carboxylic acids is 1. The molecule has 2 rings (SSSR count). The Hall–Kier alpha value is -1.55. The fourth-order valence-electron chi connectivity index (χ4n) is 2.17. The van der Waals surface area contributed by atoms with Crippen LogP contribution in [0.4, 0.5) is 10.5 Å². The molecule has 18 heavy (non-hydrogen) atoms. The molecule has 0 aliphatic carbocycles. The minimum absolute atomic E-state index is 0.241. The van der Waals surface area contributed by atoms with Gasteiger partial charge in [-0.15, -0.1) is 0 Å². The molecule has 1 amide bonds. The normalized spacial score (nSPS) is 17.4. The third-order valence-corrected chi connectivity index (χ3v) is 3.16. The van der Waals surface area contributed by atoms with Crippen LogP contribution in [0.1, 0.15) is 31.9 Å². The average Bonchev–Trinajstić information content (AvgIpc) is 2.40. The second kappa shape index (κ2) is 5.87. The Kier molecular flexibility index (Phi) is 4.20. The number of ether oxygens (including phenoxy) is 1. The Labute approximate surface area is 108 Å². The SMILES string of the molecule is CCNC(C)c1cccc(N2CCCOC2=O)c1. The standard InChI is InChI=1S/C14H20N2O2/c1-3-15-11(2)12-6-4-7-13(10-12)16-8-5-9-18-14(16)17/h4,6-7,10-11,15H,3,5,8-9H2,1-2H3. The van der Waals surface area contributed by atoms with Gasteiger partial charge in [-0.05, 0) is 37.6 Å². The van der Waals surface area contributed by atoms with E-state index in [1.807, 2.05) is 12.1 Å². The molecule has 4 heteroatoms. The van der Waals surface area contributed by atoms with E-state index in [2.05, 4.69) is 31.3 Å². The van der Waals surface area contributed by atoms with E-state index in [0.29, 0.717) is 6.61 Å². The van der Waals surface area contributed by atoms with Crippen molar-refractivity contribution in [2.45, 2.75) is 26.3 Å². The summed E-state index contributed by atoms with van der Waals surface area (Å²) in [5.41, 5.74) is 2.11. The zero-order valence-electron chi connectivity index (χ0n) is 11.0. The first-order chi connectivity index (χ1) is 8.72. The summed E-state index contributed by atoms with van der Waals surface area (Å²) in [4.78, 5) is 13.4. The van der Waals surface area contributed by atoms with E-state index in [4.69, 9.17) is 4.74 Å². The van der Waals surface area contributed by atoms with Crippen LogP contribution in [0.2, 0.25) is 0 Å². The lowest BCUT2D eigenvalue weighted by Gasteiger charge is -2.27. The number of amides is 1. The van der Waals surface area contributed by atoms with Crippen molar-refractivity contribution in [2.24, 2.45) is 0 Å². The predicted molar refractivity (Wildman–Crippen MR) is 71.8 cm³/mol. The molecule has 1 heterocycles. The molecule has 0 bridgehead atoms. The van der Waals surface area contributed by atoms with Gasteiger partial charge >= 0.3 is 6.09 Å².